The first-order valence-corrected chi connectivity index (χ1v) is 5.41. The Balaban J connectivity index is 2.55. The summed E-state index contributed by atoms with van der Waals surface area (Å²) in [5.74, 6) is 0.431. The van der Waals surface area contributed by atoms with Crippen molar-refractivity contribution in [2.75, 3.05) is 6.61 Å². The third kappa shape index (κ3) is 3.93. The van der Waals surface area contributed by atoms with Crippen molar-refractivity contribution in [1.29, 1.82) is 0 Å². The summed E-state index contributed by atoms with van der Waals surface area (Å²) in [4.78, 5) is 10.5. The SMILES string of the molecule is CC(C)(C)c1ccc(OCCC(N)=O)cc1. The zero-order valence-corrected chi connectivity index (χ0v) is 10.1. The molecule has 88 valence electrons. The van der Waals surface area contributed by atoms with Crippen molar-refractivity contribution in [1.82, 2.24) is 0 Å². The third-order valence-electron chi connectivity index (χ3n) is 2.34. The van der Waals surface area contributed by atoms with Gasteiger partial charge in [-0.2, -0.15) is 0 Å². The number of hydrogen-bond acceptors (Lipinski definition) is 2. The smallest absolute Gasteiger partial charge is 0.220 e. The molecule has 1 aromatic carbocycles. The van der Waals surface area contributed by atoms with E-state index in [1.165, 1.54) is 5.56 Å². The molecule has 0 spiro atoms. The highest BCUT2D eigenvalue weighted by molar-refractivity contribution is 5.73. The fraction of sp³-hybridized carbons (Fsp3) is 0.462. The Morgan fingerprint density at radius 1 is 1.25 bits per heavy atom. The Kier molecular flexibility index (Phi) is 3.93. The number of primary amides is 1. The van der Waals surface area contributed by atoms with Crippen LogP contribution < -0.4 is 10.5 Å². The maximum Gasteiger partial charge on any atom is 0.220 e. The normalized spacial score (nSPS) is 11.2. The van der Waals surface area contributed by atoms with Crippen LogP contribution in [0.1, 0.15) is 32.8 Å². The second-order valence-electron chi connectivity index (χ2n) is 4.84. The van der Waals surface area contributed by atoms with E-state index in [4.69, 9.17) is 10.5 Å². The molecule has 1 aromatic rings. The van der Waals surface area contributed by atoms with Gasteiger partial charge in [-0.25, -0.2) is 0 Å². The summed E-state index contributed by atoms with van der Waals surface area (Å²) in [7, 11) is 0. The number of benzene rings is 1. The molecule has 2 N–H and O–H groups in total. The summed E-state index contributed by atoms with van der Waals surface area (Å²) >= 11 is 0. The molecule has 16 heavy (non-hydrogen) atoms. The predicted octanol–water partition coefficient (Wildman–Crippen LogP) is 2.24. The Hall–Kier alpha value is -1.51. The molecule has 0 bridgehead atoms. The van der Waals surface area contributed by atoms with Crippen molar-refractivity contribution >= 4 is 5.91 Å². The molecule has 0 atom stereocenters. The highest BCUT2D eigenvalue weighted by atomic mass is 16.5. The lowest BCUT2D eigenvalue weighted by Crippen LogP contribution is -2.14. The summed E-state index contributed by atoms with van der Waals surface area (Å²) in [5, 5.41) is 0. The standard InChI is InChI=1S/C13H19NO2/c1-13(2,3)10-4-6-11(7-5-10)16-9-8-12(14)15/h4-7H,8-9H2,1-3H3,(H2,14,15). The number of ether oxygens (including phenoxy) is 1. The topological polar surface area (TPSA) is 52.3 Å². The average molecular weight is 221 g/mol. The minimum absolute atomic E-state index is 0.145. The molecular weight excluding hydrogens is 202 g/mol. The first-order valence-electron chi connectivity index (χ1n) is 5.41. The number of hydrogen-bond donors (Lipinski definition) is 1. The van der Waals surface area contributed by atoms with Crippen LogP contribution in [0.4, 0.5) is 0 Å². The summed E-state index contributed by atoms with van der Waals surface area (Å²) in [6, 6.07) is 7.92. The predicted molar refractivity (Wildman–Crippen MR) is 64.4 cm³/mol. The molecule has 0 unspecified atom stereocenters. The molecule has 0 heterocycles. The van der Waals surface area contributed by atoms with Gasteiger partial charge in [-0.15, -0.1) is 0 Å². The van der Waals surface area contributed by atoms with Crippen LogP contribution in [0.25, 0.3) is 0 Å². The van der Waals surface area contributed by atoms with Crippen LogP contribution in [0.2, 0.25) is 0 Å². The van der Waals surface area contributed by atoms with Gasteiger partial charge in [0.05, 0.1) is 13.0 Å². The minimum atomic E-state index is -0.341. The van der Waals surface area contributed by atoms with E-state index in [9.17, 15) is 4.79 Å². The number of nitrogens with two attached hydrogens (primary N) is 1. The second kappa shape index (κ2) is 5.01. The molecule has 1 amide bonds. The van der Waals surface area contributed by atoms with Gasteiger partial charge in [0.2, 0.25) is 5.91 Å². The van der Waals surface area contributed by atoms with Gasteiger partial charge in [-0.05, 0) is 23.1 Å². The Labute approximate surface area is 96.6 Å². The molecule has 0 aliphatic rings. The second-order valence-corrected chi connectivity index (χ2v) is 4.84. The first-order chi connectivity index (χ1) is 7.39. The van der Waals surface area contributed by atoms with Crippen LogP contribution in [-0.4, -0.2) is 12.5 Å². The quantitative estimate of drug-likeness (QED) is 0.847. The molecule has 0 saturated carbocycles. The fourth-order valence-corrected chi connectivity index (χ4v) is 1.32. The van der Waals surface area contributed by atoms with Gasteiger partial charge in [-0.1, -0.05) is 32.9 Å². The number of carbonyl (C=O) groups excluding carboxylic acids is 1. The van der Waals surface area contributed by atoms with Gasteiger partial charge in [0.25, 0.3) is 0 Å². The highest BCUT2D eigenvalue weighted by Crippen LogP contribution is 2.24. The number of carbonyl (C=O) groups is 1. The number of amides is 1. The van der Waals surface area contributed by atoms with Crippen molar-refractivity contribution in [3.05, 3.63) is 29.8 Å². The van der Waals surface area contributed by atoms with Crippen LogP contribution in [-0.2, 0) is 10.2 Å². The summed E-state index contributed by atoms with van der Waals surface area (Å²) in [5.41, 5.74) is 6.42. The zero-order chi connectivity index (χ0) is 12.2. The van der Waals surface area contributed by atoms with E-state index >= 15 is 0 Å². The van der Waals surface area contributed by atoms with Crippen molar-refractivity contribution < 1.29 is 9.53 Å². The molecule has 0 aliphatic carbocycles. The highest BCUT2D eigenvalue weighted by Gasteiger charge is 2.12. The molecule has 3 nitrogen and oxygen atoms in total. The van der Waals surface area contributed by atoms with E-state index in [0.717, 1.165) is 5.75 Å². The molecule has 3 heteroatoms. The summed E-state index contributed by atoms with van der Waals surface area (Å²) < 4.78 is 5.38. The summed E-state index contributed by atoms with van der Waals surface area (Å²) in [6.45, 7) is 6.83. The Morgan fingerprint density at radius 3 is 2.25 bits per heavy atom. The molecule has 0 aromatic heterocycles. The van der Waals surface area contributed by atoms with E-state index in [2.05, 4.69) is 20.8 Å². The molecule has 1 rings (SSSR count). The van der Waals surface area contributed by atoms with Crippen molar-refractivity contribution in [3.8, 4) is 5.75 Å². The van der Waals surface area contributed by atoms with Gasteiger partial charge in [0.1, 0.15) is 5.75 Å². The van der Waals surface area contributed by atoms with Crippen molar-refractivity contribution in [2.24, 2.45) is 5.73 Å². The van der Waals surface area contributed by atoms with Gasteiger partial charge in [-0.3, -0.25) is 4.79 Å². The summed E-state index contributed by atoms with van der Waals surface area (Å²) in [6.07, 6.45) is 0.251. The minimum Gasteiger partial charge on any atom is -0.493 e. The van der Waals surface area contributed by atoms with E-state index < -0.39 is 0 Å². The van der Waals surface area contributed by atoms with Gasteiger partial charge < -0.3 is 10.5 Å². The zero-order valence-electron chi connectivity index (χ0n) is 10.1. The van der Waals surface area contributed by atoms with Crippen LogP contribution in [0.5, 0.6) is 5.75 Å². The largest absolute Gasteiger partial charge is 0.493 e. The first kappa shape index (κ1) is 12.6. The van der Waals surface area contributed by atoms with E-state index in [1.54, 1.807) is 0 Å². The monoisotopic (exact) mass is 221 g/mol. The Bertz CT molecular complexity index is 349. The molecule has 0 aliphatic heterocycles. The lowest BCUT2D eigenvalue weighted by Gasteiger charge is -2.19. The Morgan fingerprint density at radius 2 is 1.81 bits per heavy atom. The molecular formula is C13H19NO2. The molecule has 0 radical (unpaired) electrons. The maximum atomic E-state index is 10.5. The van der Waals surface area contributed by atoms with Crippen molar-refractivity contribution in [3.63, 3.8) is 0 Å². The fourth-order valence-electron chi connectivity index (χ4n) is 1.32. The van der Waals surface area contributed by atoms with E-state index in [1.807, 2.05) is 24.3 Å². The maximum absolute atomic E-state index is 10.5. The van der Waals surface area contributed by atoms with Crippen LogP contribution >= 0.6 is 0 Å². The average Bonchev–Trinajstić information content (AvgIpc) is 2.16. The van der Waals surface area contributed by atoms with Crippen LogP contribution in [0.3, 0.4) is 0 Å². The third-order valence-corrected chi connectivity index (χ3v) is 2.34. The lowest BCUT2D eigenvalue weighted by atomic mass is 9.87. The van der Waals surface area contributed by atoms with Gasteiger partial charge >= 0.3 is 0 Å². The van der Waals surface area contributed by atoms with Gasteiger partial charge in [0.15, 0.2) is 0 Å². The molecule has 0 saturated heterocycles. The number of rotatable bonds is 4. The van der Waals surface area contributed by atoms with Crippen LogP contribution in [0, 0.1) is 0 Å². The van der Waals surface area contributed by atoms with Crippen LogP contribution in [0.15, 0.2) is 24.3 Å². The van der Waals surface area contributed by atoms with E-state index in [0.29, 0.717) is 6.61 Å². The lowest BCUT2D eigenvalue weighted by molar-refractivity contribution is -0.118. The van der Waals surface area contributed by atoms with Gasteiger partial charge in [0, 0.05) is 0 Å². The van der Waals surface area contributed by atoms with Crippen molar-refractivity contribution in [2.45, 2.75) is 32.6 Å². The van der Waals surface area contributed by atoms with E-state index in [-0.39, 0.29) is 17.7 Å². The molecule has 0 fully saturated rings.